The Balaban J connectivity index is 3.64. The maximum atomic E-state index is 11.2. The van der Waals surface area contributed by atoms with Crippen LogP contribution in [0.2, 0.25) is 0 Å². The molecule has 0 aliphatic carbocycles. The quantitative estimate of drug-likeness (QED) is 0.566. The largest absolute Gasteiger partial charge is 0.460 e. The normalized spacial score (nSPS) is 13.9. The first-order valence-corrected chi connectivity index (χ1v) is 5.75. The fourth-order valence-electron chi connectivity index (χ4n) is 0.834. The van der Waals surface area contributed by atoms with Gasteiger partial charge in [-0.2, -0.15) is 0 Å². The molecule has 0 amide bonds. The lowest BCUT2D eigenvalue weighted by molar-refractivity contribution is -0.155. The van der Waals surface area contributed by atoms with Crippen LogP contribution in [-0.2, 0) is 9.53 Å². The third-order valence-corrected chi connectivity index (χ3v) is 2.63. The van der Waals surface area contributed by atoms with Crippen LogP contribution in [0.4, 0.5) is 0 Å². The van der Waals surface area contributed by atoms with Crippen molar-refractivity contribution in [3.05, 3.63) is 0 Å². The lowest BCUT2D eigenvalue weighted by Gasteiger charge is -2.19. The Kier molecular flexibility index (Phi) is 5.61. The Morgan fingerprint density at radius 1 is 1.46 bits per heavy atom. The van der Waals surface area contributed by atoms with E-state index < -0.39 is 0 Å². The van der Waals surface area contributed by atoms with Gasteiger partial charge in [-0.15, -0.1) is 0 Å². The molecule has 3 heteroatoms. The lowest BCUT2D eigenvalue weighted by atomic mass is 10.1. The Hall–Kier alpha value is -0.0500. The van der Waals surface area contributed by atoms with Gasteiger partial charge >= 0.3 is 5.97 Å². The molecule has 0 aromatic heterocycles. The number of carbonyl (C=O) groups excluding carboxylic acids is 1. The third-order valence-electron chi connectivity index (χ3n) is 1.52. The van der Waals surface area contributed by atoms with E-state index in [-0.39, 0.29) is 11.6 Å². The zero-order valence-electron chi connectivity index (χ0n) is 8.89. The van der Waals surface area contributed by atoms with Crippen molar-refractivity contribution in [3.8, 4) is 0 Å². The number of halogens is 1. The molecule has 0 saturated heterocycles. The van der Waals surface area contributed by atoms with Gasteiger partial charge < -0.3 is 4.74 Å². The van der Waals surface area contributed by atoms with E-state index in [1.165, 1.54) is 0 Å². The summed E-state index contributed by atoms with van der Waals surface area (Å²) in [6.07, 6.45) is 1.41. The summed E-state index contributed by atoms with van der Waals surface area (Å²) in [6, 6.07) is 0. The molecule has 13 heavy (non-hydrogen) atoms. The molecule has 2 nitrogen and oxygen atoms in total. The number of alkyl halides is 1. The van der Waals surface area contributed by atoms with Crippen LogP contribution < -0.4 is 0 Å². The zero-order chi connectivity index (χ0) is 10.5. The minimum atomic E-state index is -0.352. The van der Waals surface area contributed by atoms with E-state index >= 15 is 0 Å². The predicted octanol–water partition coefficient (Wildman–Crippen LogP) is 3.14. The van der Waals surface area contributed by atoms with Crippen LogP contribution in [0.25, 0.3) is 0 Å². The fourth-order valence-corrected chi connectivity index (χ4v) is 1.16. The van der Waals surface area contributed by atoms with Crippen molar-refractivity contribution in [3.63, 3.8) is 0 Å². The molecule has 1 atom stereocenters. The Labute approximate surface area is 89.2 Å². The highest BCUT2D eigenvalue weighted by Crippen LogP contribution is 2.13. The first kappa shape index (κ1) is 12.9. The van der Waals surface area contributed by atoms with Gasteiger partial charge in [-0.3, -0.25) is 4.79 Å². The van der Waals surface area contributed by atoms with Crippen LogP contribution in [0, 0.1) is 5.92 Å². The number of hydrogen-bond acceptors (Lipinski definition) is 2. The highest BCUT2D eigenvalue weighted by atomic mass is 79.9. The summed E-state index contributed by atoms with van der Waals surface area (Å²) < 4.78 is 5.18. The van der Waals surface area contributed by atoms with Crippen molar-refractivity contribution in [2.24, 2.45) is 5.92 Å². The summed E-state index contributed by atoms with van der Waals surface area (Å²) in [7, 11) is 0. The molecule has 0 saturated carbocycles. The maximum Gasteiger partial charge on any atom is 0.306 e. The summed E-state index contributed by atoms with van der Waals surface area (Å²) in [5, 5.41) is 0.940. The highest BCUT2D eigenvalue weighted by Gasteiger charge is 2.16. The van der Waals surface area contributed by atoms with Crippen molar-refractivity contribution < 1.29 is 9.53 Å². The van der Waals surface area contributed by atoms with Crippen molar-refractivity contribution in [2.45, 2.75) is 46.1 Å². The fraction of sp³-hybridized carbons (Fsp3) is 0.900. The predicted molar refractivity (Wildman–Crippen MR) is 58.0 cm³/mol. The van der Waals surface area contributed by atoms with Gasteiger partial charge in [-0.1, -0.05) is 22.9 Å². The minimum absolute atomic E-state index is 0.0969. The number of carbonyl (C=O) groups is 1. The van der Waals surface area contributed by atoms with Crippen LogP contribution in [-0.4, -0.2) is 16.9 Å². The summed E-state index contributed by atoms with van der Waals surface area (Å²) in [6.45, 7) is 7.77. The third kappa shape index (κ3) is 8.28. The van der Waals surface area contributed by atoms with Gasteiger partial charge in [0, 0.05) is 11.8 Å². The molecule has 0 aromatic carbocycles. The van der Waals surface area contributed by atoms with Crippen LogP contribution in [0.5, 0.6) is 0 Å². The van der Waals surface area contributed by atoms with E-state index in [0.717, 1.165) is 11.8 Å². The van der Waals surface area contributed by atoms with Gasteiger partial charge in [0.05, 0.1) is 0 Å². The first-order valence-electron chi connectivity index (χ1n) is 4.63. The van der Waals surface area contributed by atoms with Crippen LogP contribution in [0.1, 0.15) is 40.5 Å². The SMILES string of the molecule is C[C@@H](CBr)CCC(=O)OC(C)(C)C. The average molecular weight is 251 g/mol. The number of hydrogen-bond donors (Lipinski definition) is 0. The summed E-state index contributed by atoms with van der Waals surface area (Å²) in [5.74, 6) is 0.438. The molecule has 0 aliphatic heterocycles. The molecule has 0 unspecified atom stereocenters. The molecular formula is C10H19BrO2. The van der Waals surface area contributed by atoms with E-state index in [0.29, 0.717) is 12.3 Å². The second-order valence-corrected chi connectivity index (χ2v) is 5.03. The van der Waals surface area contributed by atoms with E-state index in [1.54, 1.807) is 0 Å². The molecule has 0 bridgehead atoms. The second-order valence-electron chi connectivity index (χ2n) is 4.38. The van der Waals surface area contributed by atoms with E-state index in [1.807, 2.05) is 20.8 Å². The first-order chi connectivity index (χ1) is 5.85. The molecule has 0 aliphatic rings. The van der Waals surface area contributed by atoms with Gasteiger partial charge in [0.15, 0.2) is 0 Å². The Morgan fingerprint density at radius 2 is 2.00 bits per heavy atom. The lowest BCUT2D eigenvalue weighted by Crippen LogP contribution is -2.24. The summed E-state index contributed by atoms with van der Waals surface area (Å²) >= 11 is 3.37. The molecule has 0 radical (unpaired) electrons. The second kappa shape index (κ2) is 5.63. The topological polar surface area (TPSA) is 26.3 Å². The van der Waals surface area contributed by atoms with Crippen LogP contribution in [0.15, 0.2) is 0 Å². The molecule has 0 fully saturated rings. The summed E-state index contributed by atoms with van der Waals surface area (Å²) in [4.78, 5) is 11.2. The summed E-state index contributed by atoms with van der Waals surface area (Å²) in [5.41, 5.74) is -0.352. The standard InChI is InChI=1S/C10H19BrO2/c1-8(7-11)5-6-9(12)13-10(2,3)4/h8H,5-7H2,1-4H3/t8-/m1/s1. The molecule has 0 heterocycles. The maximum absolute atomic E-state index is 11.2. The zero-order valence-corrected chi connectivity index (χ0v) is 10.5. The van der Waals surface area contributed by atoms with Crippen molar-refractivity contribution in [2.75, 3.05) is 5.33 Å². The highest BCUT2D eigenvalue weighted by molar-refractivity contribution is 9.09. The van der Waals surface area contributed by atoms with Gasteiger partial charge in [-0.25, -0.2) is 0 Å². The molecular weight excluding hydrogens is 232 g/mol. The molecule has 78 valence electrons. The van der Waals surface area contributed by atoms with Crippen LogP contribution >= 0.6 is 15.9 Å². The molecule has 0 spiro atoms. The van der Waals surface area contributed by atoms with Gasteiger partial charge in [-0.05, 0) is 33.1 Å². The van der Waals surface area contributed by atoms with Crippen molar-refractivity contribution in [1.82, 2.24) is 0 Å². The van der Waals surface area contributed by atoms with Crippen LogP contribution in [0.3, 0.4) is 0 Å². The number of ether oxygens (including phenoxy) is 1. The van der Waals surface area contributed by atoms with Crippen molar-refractivity contribution >= 4 is 21.9 Å². The molecule has 0 aromatic rings. The Bertz CT molecular complexity index is 161. The Morgan fingerprint density at radius 3 is 2.38 bits per heavy atom. The smallest absolute Gasteiger partial charge is 0.306 e. The van der Waals surface area contributed by atoms with Gasteiger partial charge in [0.2, 0.25) is 0 Å². The monoisotopic (exact) mass is 250 g/mol. The van der Waals surface area contributed by atoms with E-state index in [9.17, 15) is 4.79 Å². The van der Waals surface area contributed by atoms with E-state index in [2.05, 4.69) is 22.9 Å². The van der Waals surface area contributed by atoms with Crippen molar-refractivity contribution in [1.29, 1.82) is 0 Å². The van der Waals surface area contributed by atoms with Gasteiger partial charge in [0.1, 0.15) is 5.60 Å². The number of esters is 1. The average Bonchev–Trinajstić information content (AvgIpc) is 1.97. The van der Waals surface area contributed by atoms with Gasteiger partial charge in [0.25, 0.3) is 0 Å². The molecule has 0 N–H and O–H groups in total. The minimum Gasteiger partial charge on any atom is -0.460 e. The number of rotatable bonds is 4. The molecule has 0 rings (SSSR count). The van der Waals surface area contributed by atoms with E-state index in [4.69, 9.17) is 4.74 Å².